The second kappa shape index (κ2) is 6.44. The first-order valence-corrected chi connectivity index (χ1v) is 8.14. The highest BCUT2D eigenvalue weighted by atomic mass is 19.1. The summed E-state index contributed by atoms with van der Waals surface area (Å²) in [6, 6.07) is 13.7. The highest BCUT2D eigenvalue weighted by Gasteiger charge is 2.15. The van der Waals surface area contributed by atoms with E-state index in [4.69, 9.17) is 0 Å². The summed E-state index contributed by atoms with van der Waals surface area (Å²) < 4.78 is 17.3. The summed E-state index contributed by atoms with van der Waals surface area (Å²) >= 11 is 0. The standard InChI is InChI=1S/C19H16FN5O/c1-13-10-16(23-25(13)17-8-3-2-7-15(17)20)19(26)22-12-18-21-11-14-6-4-5-9-24(14)18/h2-11H,12H2,1H3,(H,22,26). The molecule has 0 unspecified atom stereocenters. The molecule has 0 saturated carbocycles. The minimum Gasteiger partial charge on any atom is -0.343 e. The zero-order valence-electron chi connectivity index (χ0n) is 14.1. The number of carbonyl (C=O) groups is 1. The lowest BCUT2D eigenvalue weighted by Gasteiger charge is -2.05. The van der Waals surface area contributed by atoms with Gasteiger partial charge in [-0.2, -0.15) is 5.10 Å². The Morgan fingerprint density at radius 3 is 2.85 bits per heavy atom. The average molecular weight is 349 g/mol. The summed E-state index contributed by atoms with van der Waals surface area (Å²) in [6.45, 7) is 2.04. The van der Waals surface area contributed by atoms with Crippen molar-refractivity contribution in [2.75, 3.05) is 0 Å². The second-order valence-electron chi connectivity index (χ2n) is 5.89. The Morgan fingerprint density at radius 2 is 2.00 bits per heavy atom. The van der Waals surface area contributed by atoms with Gasteiger partial charge in [0.1, 0.15) is 17.3 Å². The van der Waals surface area contributed by atoms with E-state index in [0.29, 0.717) is 11.4 Å². The maximum atomic E-state index is 14.0. The van der Waals surface area contributed by atoms with Gasteiger partial charge in [-0.1, -0.05) is 18.2 Å². The first-order valence-electron chi connectivity index (χ1n) is 8.14. The molecule has 0 bridgehead atoms. The first-order chi connectivity index (χ1) is 12.6. The Labute approximate surface area is 148 Å². The molecule has 0 radical (unpaired) electrons. The Bertz CT molecular complexity index is 1100. The number of para-hydroxylation sites is 1. The molecule has 3 aromatic heterocycles. The third-order valence-corrected chi connectivity index (χ3v) is 4.12. The lowest BCUT2D eigenvalue weighted by Crippen LogP contribution is -2.24. The number of pyridine rings is 1. The predicted octanol–water partition coefficient (Wildman–Crippen LogP) is 2.90. The topological polar surface area (TPSA) is 64.2 Å². The van der Waals surface area contributed by atoms with Crippen LogP contribution in [-0.4, -0.2) is 25.1 Å². The third-order valence-electron chi connectivity index (χ3n) is 4.12. The number of hydrogen-bond donors (Lipinski definition) is 1. The van der Waals surface area contributed by atoms with Gasteiger partial charge in [-0.25, -0.2) is 14.1 Å². The number of carbonyl (C=O) groups excluding carboxylic acids is 1. The van der Waals surface area contributed by atoms with Crippen LogP contribution in [-0.2, 0) is 6.54 Å². The number of aromatic nitrogens is 4. The number of imidazole rings is 1. The molecule has 1 aromatic carbocycles. The van der Waals surface area contributed by atoms with Crippen molar-refractivity contribution in [3.8, 4) is 5.69 Å². The van der Waals surface area contributed by atoms with Crippen molar-refractivity contribution in [3.63, 3.8) is 0 Å². The van der Waals surface area contributed by atoms with Crippen molar-refractivity contribution in [1.82, 2.24) is 24.5 Å². The van der Waals surface area contributed by atoms with Crippen LogP contribution in [0.15, 0.2) is 60.9 Å². The molecule has 7 heteroatoms. The fourth-order valence-electron chi connectivity index (χ4n) is 2.83. The van der Waals surface area contributed by atoms with Crippen molar-refractivity contribution in [3.05, 3.63) is 84.0 Å². The molecule has 26 heavy (non-hydrogen) atoms. The molecule has 3 heterocycles. The Balaban J connectivity index is 1.54. The summed E-state index contributed by atoms with van der Waals surface area (Å²) in [5, 5.41) is 7.05. The summed E-state index contributed by atoms with van der Waals surface area (Å²) in [4.78, 5) is 16.8. The number of hydrogen-bond acceptors (Lipinski definition) is 3. The lowest BCUT2D eigenvalue weighted by molar-refractivity contribution is 0.0944. The molecule has 0 aliphatic rings. The summed E-state index contributed by atoms with van der Waals surface area (Å²) in [7, 11) is 0. The van der Waals surface area contributed by atoms with E-state index in [1.165, 1.54) is 10.7 Å². The van der Waals surface area contributed by atoms with Crippen LogP contribution in [0.4, 0.5) is 4.39 Å². The number of fused-ring (bicyclic) bond motifs is 1. The van der Waals surface area contributed by atoms with Gasteiger partial charge in [0.25, 0.3) is 5.91 Å². The quantitative estimate of drug-likeness (QED) is 0.616. The molecule has 0 fully saturated rings. The van der Waals surface area contributed by atoms with Crippen LogP contribution < -0.4 is 5.32 Å². The highest BCUT2D eigenvalue weighted by molar-refractivity contribution is 5.92. The number of halogens is 1. The van der Waals surface area contributed by atoms with Gasteiger partial charge in [0, 0.05) is 11.9 Å². The van der Waals surface area contributed by atoms with Gasteiger partial charge in [0.2, 0.25) is 0 Å². The van der Waals surface area contributed by atoms with Gasteiger partial charge in [-0.15, -0.1) is 0 Å². The van der Waals surface area contributed by atoms with Crippen molar-refractivity contribution >= 4 is 11.4 Å². The molecule has 1 N–H and O–H groups in total. The number of nitrogens with one attached hydrogen (secondary N) is 1. The van der Waals surface area contributed by atoms with Gasteiger partial charge in [-0.3, -0.25) is 4.79 Å². The zero-order chi connectivity index (χ0) is 18.1. The van der Waals surface area contributed by atoms with Crippen molar-refractivity contribution in [1.29, 1.82) is 0 Å². The molecule has 0 aliphatic heterocycles. The van der Waals surface area contributed by atoms with Crippen LogP contribution in [0.1, 0.15) is 22.0 Å². The molecule has 1 amide bonds. The molecule has 0 saturated heterocycles. The first kappa shape index (κ1) is 16.0. The fourth-order valence-corrected chi connectivity index (χ4v) is 2.83. The van der Waals surface area contributed by atoms with E-state index < -0.39 is 5.82 Å². The van der Waals surface area contributed by atoms with Gasteiger partial charge >= 0.3 is 0 Å². The molecule has 4 aromatic rings. The van der Waals surface area contributed by atoms with Crippen LogP contribution in [0.3, 0.4) is 0 Å². The van der Waals surface area contributed by atoms with Crippen molar-refractivity contribution in [2.45, 2.75) is 13.5 Å². The number of aryl methyl sites for hydroxylation is 1. The van der Waals surface area contributed by atoms with Gasteiger partial charge in [0.05, 0.1) is 18.3 Å². The summed E-state index contributed by atoms with van der Waals surface area (Å²) in [5.74, 6) is -0.00964. The Morgan fingerprint density at radius 1 is 1.19 bits per heavy atom. The summed E-state index contributed by atoms with van der Waals surface area (Å²) in [5.41, 5.74) is 2.16. The van der Waals surface area contributed by atoms with Gasteiger partial charge in [-0.05, 0) is 37.3 Å². The smallest absolute Gasteiger partial charge is 0.272 e. The van der Waals surface area contributed by atoms with Crippen LogP contribution in [0.2, 0.25) is 0 Å². The monoisotopic (exact) mass is 349 g/mol. The third kappa shape index (κ3) is 2.83. The highest BCUT2D eigenvalue weighted by Crippen LogP contribution is 2.15. The maximum absolute atomic E-state index is 14.0. The van der Waals surface area contributed by atoms with Crippen LogP contribution in [0.5, 0.6) is 0 Å². The van der Waals surface area contributed by atoms with E-state index in [-0.39, 0.29) is 18.1 Å². The zero-order valence-corrected chi connectivity index (χ0v) is 14.1. The molecule has 130 valence electrons. The van der Waals surface area contributed by atoms with Crippen LogP contribution >= 0.6 is 0 Å². The fraction of sp³-hybridized carbons (Fsp3) is 0.105. The molecule has 4 rings (SSSR count). The molecule has 0 spiro atoms. The number of amides is 1. The minimum atomic E-state index is -0.394. The Hall–Kier alpha value is -3.48. The van der Waals surface area contributed by atoms with E-state index >= 15 is 0 Å². The Kier molecular flexibility index (Phi) is 3.96. The summed E-state index contributed by atoms with van der Waals surface area (Å²) in [6.07, 6.45) is 3.64. The van der Waals surface area contributed by atoms with Crippen molar-refractivity contribution < 1.29 is 9.18 Å². The largest absolute Gasteiger partial charge is 0.343 e. The average Bonchev–Trinajstić information content (AvgIpc) is 3.24. The predicted molar refractivity (Wildman–Crippen MR) is 94.6 cm³/mol. The van der Waals surface area contributed by atoms with E-state index in [2.05, 4.69) is 15.4 Å². The SMILES string of the molecule is Cc1cc(C(=O)NCc2ncc3ccccn23)nn1-c1ccccc1F. The number of benzene rings is 1. The lowest BCUT2D eigenvalue weighted by atomic mass is 10.3. The van der Waals surface area contributed by atoms with Crippen LogP contribution in [0, 0.1) is 12.7 Å². The molecule has 6 nitrogen and oxygen atoms in total. The van der Waals surface area contributed by atoms with Gasteiger partial charge < -0.3 is 9.72 Å². The van der Waals surface area contributed by atoms with Crippen molar-refractivity contribution in [2.24, 2.45) is 0 Å². The van der Waals surface area contributed by atoms with E-state index in [1.807, 2.05) is 28.8 Å². The number of rotatable bonds is 4. The molecule has 0 atom stereocenters. The van der Waals surface area contributed by atoms with Gasteiger partial charge in [0.15, 0.2) is 5.69 Å². The molecule has 0 aliphatic carbocycles. The molecular formula is C19H16FN5O. The van der Waals surface area contributed by atoms with E-state index in [1.54, 1.807) is 37.4 Å². The van der Waals surface area contributed by atoms with Crippen LogP contribution in [0.25, 0.3) is 11.2 Å². The second-order valence-corrected chi connectivity index (χ2v) is 5.89. The molecular weight excluding hydrogens is 333 g/mol. The normalized spacial score (nSPS) is 11.0. The maximum Gasteiger partial charge on any atom is 0.272 e. The van der Waals surface area contributed by atoms with E-state index in [0.717, 1.165) is 11.3 Å². The van der Waals surface area contributed by atoms with E-state index in [9.17, 15) is 9.18 Å². The minimum absolute atomic E-state index is 0.228. The number of nitrogens with zero attached hydrogens (tertiary/aromatic N) is 4.